The number of nitrogens with one attached hydrogen (secondary N) is 1. The molecule has 2 aliphatic rings. The summed E-state index contributed by atoms with van der Waals surface area (Å²) < 4.78 is 5.62. The van der Waals surface area contributed by atoms with Crippen LogP contribution in [0.25, 0.3) is 11.1 Å². The highest BCUT2D eigenvalue weighted by Crippen LogP contribution is 2.53. The number of benzene rings is 2. The molecular formula is C29H36N2O7. The normalized spacial score (nSPS) is 16.4. The zero-order chi connectivity index (χ0) is 27.0. The van der Waals surface area contributed by atoms with Crippen molar-refractivity contribution in [3.63, 3.8) is 0 Å². The maximum absolute atomic E-state index is 12.2. The van der Waals surface area contributed by atoms with E-state index in [1.165, 1.54) is 19.3 Å². The molecule has 0 bridgehead atoms. The fraction of sp³-hybridized carbons (Fsp3) is 0.483. The van der Waals surface area contributed by atoms with Gasteiger partial charge in [-0.15, -0.1) is 0 Å². The number of oxime groups is 1. The number of carbonyl (C=O) groups is 2. The Balaban J connectivity index is 1.62. The van der Waals surface area contributed by atoms with Gasteiger partial charge < -0.3 is 25.4 Å². The van der Waals surface area contributed by atoms with Crippen LogP contribution in [0.1, 0.15) is 61.6 Å². The number of hydrogen-bond acceptors (Lipinski definition) is 8. The second-order valence-electron chi connectivity index (χ2n) is 9.93. The van der Waals surface area contributed by atoms with Crippen LogP contribution in [0.15, 0.2) is 41.6 Å². The Morgan fingerprint density at radius 2 is 1.66 bits per heavy atom. The summed E-state index contributed by atoms with van der Waals surface area (Å²) in [5.74, 6) is 1.01. The number of carbonyl (C=O) groups excluding carboxylic acids is 2. The topological polar surface area (TPSA) is 138 Å². The molecule has 0 spiro atoms. The van der Waals surface area contributed by atoms with Crippen LogP contribution in [0.3, 0.4) is 0 Å². The first-order chi connectivity index (χ1) is 18.6. The fourth-order valence-corrected chi connectivity index (χ4v) is 5.84. The van der Waals surface area contributed by atoms with Crippen LogP contribution in [0.5, 0.6) is 5.75 Å². The number of fused-ring (bicyclic) bond motifs is 3. The Kier molecular flexibility index (Phi) is 9.49. The first-order valence-corrected chi connectivity index (χ1v) is 13.3. The van der Waals surface area contributed by atoms with Gasteiger partial charge in [-0.05, 0) is 72.1 Å². The molecule has 9 nitrogen and oxygen atoms in total. The quantitative estimate of drug-likeness (QED) is 0.145. The van der Waals surface area contributed by atoms with E-state index < -0.39 is 11.5 Å². The van der Waals surface area contributed by atoms with Crippen LogP contribution >= 0.6 is 0 Å². The first kappa shape index (κ1) is 27.8. The van der Waals surface area contributed by atoms with Crippen LogP contribution in [-0.4, -0.2) is 66.4 Å². The summed E-state index contributed by atoms with van der Waals surface area (Å²) in [4.78, 5) is 29.1. The van der Waals surface area contributed by atoms with E-state index in [1.807, 2.05) is 24.3 Å². The van der Waals surface area contributed by atoms with Gasteiger partial charge in [0.1, 0.15) is 12.4 Å². The third kappa shape index (κ3) is 5.90. The van der Waals surface area contributed by atoms with Gasteiger partial charge in [0.05, 0.1) is 6.61 Å². The van der Waals surface area contributed by atoms with E-state index in [9.17, 15) is 19.8 Å². The predicted molar refractivity (Wildman–Crippen MR) is 142 cm³/mol. The van der Waals surface area contributed by atoms with E-state index in [0.29, 0.717) is 42.9 Å². The lowest BCUT2D eigenvalue weighted by atomic mass is 9.73. The summed E-state index contributed by atoms with van der Waals surface area (Å²) in [5.41, 5.74) is 3.32. The van der Waals surface area contributed by atoms with E-state index in [1.54, 1.807) is 12.1 Å². The second-order valence-corrected chi connectivity index (χ2v) is 9.93. The minimum Gasteiger partial charge on any atom is -0.491 e. The van der Waals surface area contributed by atoms with Gasteiger partial charge >= 0.3 is 6.09 Å². The minimum atomic E-state index is -0.697. The number of aliphatic hydroxyl groups excluding tert-OH is 3. The number of ether oxygens (including phenoxy) is 1. The molecule has 0 heterocycles. The van der Waals surface area contributed by atoms with Gasteiger partial charge in [0, 0.05) is 30.7 Å². The molecule has 38 heavy (non-hydrogen) atoms. The zero-order valence-corrected chi connectivity index (χ0v) is 21.5. The summed E-state index contributed by atoms with van der Waals surface area (Å²) in [5, 5.41) is 35.5. The molecule has 0 aliphatic heterocycles. The third-order valence-electron chi connectivity index (χ3n) is 7.66. The first-order valence-electron chi connectivity index (χ1n) is 13.3. The van der Waals surface area contributed by atoms with Gasteiger partial charge in [0.15, 0.2) is 12.0 Å². The highest BCUT2D eigenvalue weighted by molar-refractivity contribution is 6.36. The zero-order valence-electron chi connectivity index (χ0n) is 21.5. The van der Waals surface area contributed by atoms with Crippen molar-refractivity contribution in [1.29, 1.82) is 0 Å². The lowest BCUT2D eigenvalue weighted by Crippen LogP contribution is -2.30. The molecule has 0 radical (unpaired) electrons. The molecule has 9 heteroatoms. The molecule has 204 valence electrons. The molecule has 2 aromatic carbocycles. The van der Waals surface area contributed by atoms with Gasteiger partial charge in [-0.3, -0.25) is 9.63 Å². The van der Waals surface area contributed by atoms with Gasteiger partial charge in [-0.1, -0.05) is 42.6 Å². The molecule has 2 aliphatic carbocycles. The standard InChI is InChI=1S/C29H36N2O7/c32-12-10-29(11-13-33)25-8-6-21(16-23(25)24-17-22(37-15-14-34)7-9-26(24)29)27(19-35)31-38-28(36)30-18-20-4-2-1-3-5-20/h6-9,16-17,19-20,32-34H,1-5,10-15,18H2,(H,30,36)/b31-27+. The fourth-order valence-electron chi connectivity index (χ4n) is 5.84. The molecule has 0 atom stereocenters. The molecular weight excluding hydrogens is 488 g/mol. The van der Waals surface area contributed by atoms with Crippen molar-refractivity contribution in [3.05, 3.63) is 53.1 Å². The van der Waals surface area contributed by atoms with Crippen molar-refractivity contribution < 1.29 is 34.5 Å². The Morgan fingerprint density at radius 1 is 0.974 bits per heavy atom. The van der Waals surface area contributed by atoms with E-state index in [-0.39, 0.29) is 32.1 Å². The summed E-state index contributed by atoms with van der Waals surface area (Å²) in [6.07, 6.45) is 6.40. The summed E-state index contributed by atoms with van der Waals surface area (Å²) in [7, 11) is 0. The summed E-state index contributed by atoms with van der Waals surface area (Å²) >= 11 is 0. The highest BCUT2D eigenvalue weighted by Gasteiger charge is 2.42. The number of nitrogens with zero attached hydrogens (tertiary/aromatic N) is 1. The highest BCUT2D eigenvalue weighted by atomic mass is 16.7. The van der Waals surface area contributed by atoms with Crippen LogP contribution < -0.4 is 10.1 Å². The Bertz CT molecular complexity index is 1150. The van der Waals surface area contributed by atoms with Crippen molar-refractivity contribution in [1.82, 2.24) is 5.32 Å². The van der Waals surface area contributed by atoms with Crippen molar-refractivity contribution >= 4 is 18.1 Å². The molecule has 0 saturated heterocycles. The van der Waals surface area contributed by atoms with Crippen LogP contribution in [0, 0.1) is 5.92 Å². The molecule has 2 aromatic rings. The number of aliphatic hydroxyl groups is 3. The second kappa shape index (κ2) is 13.0. The van der Waals surface area contributed by atoms with Crippen LogP contribution in [-0.2, 0) is 15.0 Å². The molecule has 1 saturated carbocycles. The molecule has 1 fully saturated rings. The monoisotopic (exact) mass is 524 g/mol. The number of rotatable bonds is 12. The third-order valence-corrected chi connectivity index (χ3v) is 7.66. The Labute approximate surface area is 222 Å². The maximum atomic E-state index is 12.2. The lowest BCUT2D eigenvalue weighted by molar-refractivity contribution is -0.102. The van der Waals surface area contributed by atoms with E-state index >= 15 is 0 Å². The number of amides is 1. The SMILES string of the molecule is O=C/C(=N\OC(=O)NCC1CCCCC1)c1ccc2c(c1)-c1cc(OCCO)ccc1C2(CCO)CCO. The Hall–Kier alpha value is -3.27. The van der Waals surface area contributed by atoms with Crippen LogP contribution in [0.4, 0.5) is 4.79 Å². The minimum absolute atomic E-state index is 0.0309. The van der Waals surface area contributed by atoms with Crippen molar-refractivity contribution in [2.45, 2.75) is 50.4 Å². The molecule has 4 rings (SSSR count). The van der Waals surface area contributed by atoms with E-state index in [2.05, 4.69) is 10.5 Å². The average molecular weight is 525 g/mol. The van der Waals surface area contributed by atoms with E-state index in [0.717, 1.165) is 35.1 Å². The van der Waals surface area contributed by atoms with Gasteiger partial charge in [0.2, 0.25) is 0 Å². The smallest absolute Gasteiger partial charge is 0.433 e. The number of hydrogen-bond donors (Lipinski definition) is 4. The molecule has 0 aromatic heterocycles. The van der Waals surface area contributed by atoms with E-state index in [4.69, 9.17) is 14.7 Å². The summed E-state index contributed by atoms with van der Waals surface area (Å²) in [6.45, 7) is 0.401. The van der Waals surface area contributed by atoms with Crippen molar-refractivity contribution in [2.75, 3.05) is 33.0 Å². The maximum Gasteiger partial charge on any atom is 0.433 e. The van der Waals surface area contributed by atoms with Gasteiger partial charge in [-0.25, -0.2) is 4.79 Å². The van der Waals surface area contributed by atoms with Crippen molar-refractivity contribution in [3.8, 4) is 16.9 Å². The molecule has 1 amide bonds. The molecule has 4 N–H and O–H groups in total. The largest absolute Gasteiger partial charge is 0.491 e. The lowest BCUT2D eigenvalue weighted by Gasteiger charge is -2.31. The van der Waals surface area contributed by atoms with Gasteiger partial charge in [0.25, 0.3) is 0 Å². The summed E-state index contributed by atoms with van der Waals surface area (Å²) in [6, 6.07) is 11.0. The predicted octanol–water partition coefficient (Wildman–Crippen LogP) is 3.30. The van der Waals surface area contributed by atoms with Crippen molar-refractivity contribution in [2.24, 2.45) is 11.1 Å². The van der Waals surface area contributed by atoms with Gasteiger partial charge in [-0.2, -0.15) is 0 Å². The van der Waals surface area contributed by atoms with Crippen LogP contribution in [0.2, 0.25) is 0 Å². The Morgan fingerprint density at radius 3 is 2.32 bits per heavy atom. The average Bonchev–Trinajstić information content (AvgIpc) is 3.20. The number of aldehydes is 1. The molecule has 0 unspecified atom stereocenters.